The standard InChI is InChI=1S/C13H26N2O2/c1-2-14-10-7-12(16)15-11-13(17)8-5-3-4-6-9-13/h14,17H,2-11H2,1H3,(H,15,16). The van der Waals surface area contributed by atoms with Gasteiger partial charge in [-0.05, 0) is 19.4 Å². The van der Waals surface area contributed by atoms with Crippen molar-refractivity contribution in [2.75, 3.05) is 19.6 Å². The van der Waals surface area contributed by atoms with Gasteiger partial charge in [-0.2, -0.15) is 0 Å². The lowest BCUT2D eigenvalue weighted by Crippen LogP contribution is -2.43. The van der Waals surface area contributed by atoms with Crippen molar-refractivity contribution in [3.8, 4) is 0 Å². The van der Waals surface area contributed by atoms with Crippen LogP contribution in [0.5, 0.6) is 0 Å². The summed E-state index contributed by atoms with van der Waals surface area (Å²) < 4.78 is 0. The lowest BCUT2D eigenvalue weighted by atomic mass is 9.94. The van der Waals surface area contributed by atoms with Crippen LogP contribution in [-0.2, 0) is 4.79 Å². The topological polar surface area (TPSA) is 61.4 Å². The average Bonchev–Trinajstić information content (AvgIpc) is 2.53. The van der Waals surface area contributed by atoms with E-state index in [1.807, 2.05) is 6.92 Å². The molecule has 0 spiro atoms. The van der Waals surface area contributed by atoms with E-state index in [0.29, 0.717) is 19.5 Å². The SMILES string of the molecule is CCNCCC(=O)NCC1(O)CCCCCC1. The molecule has 100 valence electrons. The van der Waals surface area contributed by atoms with E-state index in [2.05, 4.69) is 10.6 Å². The molecule has 1 rings (SSSR count). The van der Waals surface area contributed by atoms with E-state index < -0.39 is 5.60 Å². The van der Waals surface area contributed by atoms with Crippen molar-refractivity contribution < 1.29 is 9.90 Å². The fraction of sp³-hybridized carbons (Fsp3) is 0.923. The number of aliphatic hydroxyl groups is 1. The largest absolute Gasteiger partial charge is 0.388 e. The highest BCUT2D eigenvalue weighted by molar-refractivity contribution is 5.76. The van der Waals surface area contributed by atoms with Crippen LogP contribution in [0.2, 0.25) is 0 Å². The van der Waals surface area contributed by atoms with Gasteiger partial charge in [0, 0.05) is 19.5 Å². The third-order valence-electron chi connectivity index (χ3n) is 3.43. The van der Waals surface area contributed by atoms with Crippen LogP contribution >= 0.6 is 0 Å². The molecule has 0 aromatic rings. The summed E-state index contributed by atoms with van der Waals surface area (Å²) in [6.45, 7) is 4.03. The van der Waals surface area contributed by atoms with Crippen LogP contribution in [0.15, 0.2) is 0 Å². The third kappa shape index (κ3) is 6.03. The maximum absolute atomic E-state index is 11.5. The fourth-order valence-electron chi connectivity index (χ4n) is 2.29. The second-order valence-electron chi connectivity index (χ2n) is 5.02. The number of nitrogens with one attached hydrogen (secondary N) is 2. The number of hydrogen-bond donors (Lipinski definition) is 3. The molecule has 0 saturated heterocycles. The van der Waals surface area contributed by atoms with Crippen molar-refractivity contribution in [1.29, 1.82) is 0 Å². The van der Waals surface area contributed by atoms with Crippen LogP contribution in [-0.4, -0.2) is 36.2 Å². The second kappa shape index (κ2) is 7.67. The Balaban J connectivity index is 2.20. The molecule has 1 aliphatic rings. The Morgan fingerprint density at radius 2 is 1.88 bits per heavy atom. The highest BCUT2D eigenvalue weighted by atomic mass is 16.3. The van der Waals surface area contributed by atoms with Gasteiger partial charge in [0.05, 0.1) is 5.60 Å². The Labute approximate surface area is 104 Å². The van der Waals surface area contributed by atoms with Gasteiger partial charge >= 0.3 is 0 Å². The Morgan fingerprint density at radius 3 is 2.47 bits per heavy atom. The summed E-state index contributed by atoms with van der Waals surface area (Å²) in [7, 11) is 0. The monoisotopic (exact) mass is 242 g/mol. The number of amides is 1. The molecule has 1 fully saturated rings. The fourth-order valence-corrected chi connectivity index (χ4v) is 2.29. The zero-order valence-corrected chi connectivity index (χ0v) is 10.9. The average molecular weight is 242 g/mol. The summed E-state index contributed by atoms with van der Waals surface area (Å²) in [5.74, 6) is 0.0311. The van der Waals surface area contributed by atoms with Crippen molar-refractivity contribution >= 4 is 5.91 Å². The van der Waals surface area contributed by atoms with Crippen LogP contribution < -0.4 is 10.6 Å². The van der Waals surface area contributed by atoms with Gasteiger partial charge in [0.15, 0.2) is 0 Å². The van der Waals surface area contributed by atoms with Gasteiger partial charge in [-0.25, -0.2) is 0 Å². The minimum Gasteiger partial charge on any atom is -0.388 e. The third-order valence-corrected chi connectivity index (χ3v) is 3.43. The van der Waals surface area contributed by atoms with Crippen molar-refractivity contribution in [1.82, 2.24) is 10.6 Å². The van der Waals surface area contributed by atoms with Gasteiger partial charge in [-0.1, -0.05) is 32.6 Å². The molecule has 0 bridgehead atoms. The molecule has 0 atom stereocenters. The highest BCUT2D eigenvalue weighted by Crippen LogP contribution is 2.26. The Morgan fingerprint density at radius 1 is 1.24 bits per heavy atom. The van der Waals surface area contributed by atoms with Crippen LogP contribution in [0.3, 0.4) is 0 Å². The first-order valence-corrected chi connectivity index (χ1v) is 6.86. The van der Waals surface area contributed by atoms with E-state index in [9.17, 15) is 9.90 Å². The molecule has 0 unspecified atom stereocenters. The molecule has 0 aromatic carbocycles. The van der Waals surface area contributed by atoms with Gasteiger partial charge in [0.1, 0.15) is 0 Å². The van der Waals surface area contributed by atoms with Gasteiger partial charge in [-0.3, -0.25) is 4.79 Å². The molecule has 1 aliphatic carbocycles. The summed E-state index contributed by atoms with van der Waals surface area (Å²) in [4.78, 5) is 11.5. The zero-order chi connectivity index (χ0) is 12.6. The summed E-state index contributed by atoms with van der Waals surface area (Å²) in [5, 5.41) is 16.3. The molecule has 17 heavy (non-hydrogen) atoms. The van der Waals surface area contributed by atoms with Crippen LogP contribution in [0.1, 0.15) is 51.9 Å². The van der Waals surface area contributed by atoms with Crippen molar-refractivity contribution in [2.45, 2.75) is 57.5 Å². The zero-order valence-electron chi connectivity index (χ0n) is 10.9. The van der Waals surface area contributed by atoms with Gasteiger partial charge in [0.2, 0.25) is 5.91 Å². The summed E-state index contributed by atoms with van der Waals surface area (Å²) in [6.07, 6.45) is 6.69. The van der Waals surface area contributed by atoms with Crippen LogP contribution in [0.25, 0.3) is 0 Å². The van der Waals surface area contributed by atoms with E-state index >= 15 is 0 Å². The molecule has 0 heterocycles. The predicted octanol–water partition coefficient (Wildman–Crippen LogP) is 1.19. The number of hydrogen-bond acceptors (Lipinski definition) is 3. The first-order valence-electron chi connectivity index (χ1n) is 6.86. The minimum atomic E-state index is -0.662. The molecule has 3 N–H and O–H groups in total. The van der Waals surface area contributed by atoms with E-state index in [0.717, 1.165) is 32.2 Å². The van der Waals surface area contributed by atoms with Gasteiger partial charge in [0.25, 0.3) is 0 Å². The molecule has 1 amide bonds. The molecular formula is C13H26N2O2. The first kappa shape index (κ1) is 14.5. The summed E-state index contributed by atoms with van der Waals surface area (Å²) in [5.41, 5.74) is -0.662. The summed E-state index contributed by atoms with van der Waals surface area (Å²) in [6, 6.07) is 0. The number of carbonyl (C=O) groups excluding carboxylic acids is 1. The molecule has 0 aliphatic heterocycles. The molecule has 1 saturated carbocycles. The Bertz CT molecular complexity index is 223. The Kier molecular flexibility index (Phi) is 6.52. The molecule has 4 heteroatoms. The molecular weight excluding hydrogens is 216 g/mol. The quantitative estimate of drug-likeness (QED) is 0.484. The van der Waals surface area contributed by atoms with E-state index in [4.69, 9.17) is 0 Å². The van der Waals surface area contributed by atoms with Gasteiger partial charge < -0.3 is 15.7 Å². The van der Waals surface area contributed by atoms with E-state index in [1.54, 1.807) is 0 Å². The Hall–Kier alpha value is -0.610. The maximum atomic E-state index is 11.5. The highest BCUT2D eigenvalue weighted by Gasteiger charge is 2.28. The maximum Gasteiger partial charge on any atom is 0.221 e. The first-order chi connectivity index (χ1) is 8.16. The normalized spacial score (nSPS) is 19.6. The lowest BCUT2D eigenvalue weighted by Gasteiger charge is -2.26. The van der Waals surface area contributed by atoms with E-state index in [1.165, 1.54) is 12.8 Å². The second-order valence-corrected chi connectivity index (χ2v) is 5.02. The van der Waals surface area contributed by atoms with Crippen LogP contribution in [0, 0.1) is 0 Å². The smallest absolute Gasteiger partial charge is 0.221 e. The summed E-state index contributed by atoms with van der Waals surface area (Å²) >= 11 is 0. The van der Waals surface area contributed by atoms with Crippen LogP contribution in [0.4, 0.5) is 0 Å². The molecule has 0 aromatic heterocycles. The number of carbonyl (C=O) groups is 1. The lowest BCUT2D eigenvalue weighted by molar-refractivity contribution is -0.122. The van der Waals surface area contributed by atoms with Crippen molar-refractivity contribution in [3.63, 3.8) is 0 Å². The molecule has 0 radical (unpaired) electrons. The van der Waals surface area contributed by atoms with Gasteiger partial charge in [-0.15, -0.1) is 0 Å². The predicted molar refractivity (Wildman–Crippen MR) is 68.8 cm³/mol. The minimum absolute atomic E-state index is 0.0311. The molecule has 4 nitrogen and oxygen atoms in total. The van der Waals surface area contributed by atoms with E-state index in [-0.39, 0.29) is 5.91 Å². The van der Waals surface area contributed by atoms with Crippen molar-refractivity contribution in [3.05, 3.63) is 0 Å². The van der Waals surface area contributed by atoms with Crippen molar-refractivity contribution in [2.24, 2.45) is 0 Å². The number of rotatable bonds is 6.